The molecule has 7 heteroatoms. The Balaban J connectivity index is 1.20. The number of nitrogens with zero attached hydrogens (tertiary/aromatic N) is 4. The Bertz CT molecular complexity index is 1420. The summed E-state index contributed by atoms with van der Waals surface area (Å²) in [4.78, 5) is 9.48. The van der Waals surface area contributed by atoms with E-state index in [0.29, 0.717) is 0 Å². The van der Waals surface area contributed by atoms with Crippen LogP contribution < -0.4 is 14.4 Å². The molecule has 0 saturated carbocycles. The lowest BCUT2D eigenvalue weighted by atomic mass is 10.1. The van der Waals surface area contributed by atoms with E-state index < -0.39 is 0 Å². The van der Waals surface area contributed by atoms with Gasteiger partial charge in [-0.15, -0.1) is 0 Å². The molecular formula is C30H34N4O3. The van der Waals surface area contributed by atoms with E-state index in [2.05, 4.69) is 39.3 Å². The number of phenolic OH excluding ortho intramolecular Hbond substituents is 1. The summed E-state index contributed by atoms with van der Waals surface area (Å²) in [5.74, 6) is 3.12. The van der Waals surface area contributed by atoms with Gasteiger partial charge >= 0.3 is 0 Å². The Morgan fingerprint density at radius 3 is 2.54 bits per heavy atom. The predicted molar refractivity (Wildman–Crippen MR) is 147 cm³/mol. The van der Waals surface area contributed by atoms with Crippen molar-refractivity contribution in [3.05, 3.63) is 65.9 Å². The number of aryl methyl sites for hydroxylation is 2. The van der Waals surface area contributed by atoms with E-state index >= 15 is 0 Å². The molecule has 192 valence electrons. The molecule has 0 radical (unpaired) electrons. The highest BCUT2D eigenvalue weighted by molar-refractivity contribution is 5.99. The summed E-state index contributed by atoms with van der Waals surface area (Å²) < 4.78 is 14.7. The van der Waals surface area contributed by atoms with E-state index in [4.69, 9.17) is 9.47 Å². The maximum Gasteiger partial charge on any atom is 0.144 e. The summed E-state index contributed by atoms with van der Waals surface area (Å²) in [6, 6.07) is 15.7. The van der Waals surface area contributed by atoms with Crippen LogP contribution in [0.2, 0.25) is 0 Å². The van der Waals surface area contributed by atoms with Gasteiger partial charge in [0.05, 0.1) is 24.9 Å². The van der Waals surface area contributed by atoms with Crippen molar-refractivity contribution in [3.63, 3.8) is 0 Å². The van der Waals surface area contributed by atoms with Gasteiger partial charge in [0.1, 0.15) is 29.2 Å². The molecule has 1 N–H and O–H groups in total. The van der Waals surface area contributed by atoms with Crippen LogP contribution in [0.1, 0.15) is 17.5 Å². The van der Waals surface area contributed by atoms with Gasteiger partial charge in [-0.2, -0.15) is 0 Å². The first kappa shape index (κ1) is 23.7. The third-order valence-electron chi connectivity index (χ3n) is 7.78. The third kappa shape index (κ3) is 4.37. The summed E-state index contributed by atoms with van der Waals surface area (Å²) in [6.07, 6.45) is 2.95. The molecule has 0 amide bonds. The van der Waals surface area contributed by atoms with E-state index in [1.807, 2.05) is 36.5 Å². The highest BCUT2D eigenvalue weighted by Crippen LogP contribution is 2.45. The number of hydrogen-bond donors (Lipinski definition) is 1. The van der Waals surface area contributed by atoms with Crippen molar-refractivity contribution in [2.45, 2.75) is 32.9 Å². The second-order valence-electron chi connectivity index (χ2n) is 10.2. The van der Waals surface area contributed by atoms with E-state index in [1.54, 1.807) is 19.2 Å². The van der Waals surface area contributed by atoms with Crippen molar-refractivity contribution in [2.24, 2.45) is 0 Å². The standard InChI is InChI=1S/C30H34N4O3/c1-20-10-12-31-27(18-20)33-16-14-32(15-17-33)13-11-24-19-34-29(22-4-6-23(35)7-5-22)21(2)28-25(36-3)8-9-26(37-24)30(28)34/h4-10,12,18,24,35H,11,13-17,19H2,1-3H3. The zero-order valence-electron chi connectivity index (χ0n) is 21.8. The Kier molecular flexibility index (Phi) is 6.16. The minimum Gasteiger partial charge on any atom is -0.508 e. The summed E-state index contributed by atoms with van der Waals surface area (Å²) in [6.45, 7) is 10.1. The molecular weight excluding hydrogens is 464 g/mol. The largest absolute Gasteiger partial charge is 0.508 e. The summed E-state index contributed by atoms with van der Waals surface area (Å²) >= 11 is 0. The SMILES string of the molecule is COc1ccc2c3c1c(C)c(-c1ccc(O)cc1)n3CC(CCN1CCN(c3cc(C)ccn3)CC1)O2. The second kappa shape index (κ2) is 9.63. The van der Waals surface area contributed by atoms with Gasteiger partial charge in [-0.1, -0.05) is 0 Å². The number of rotatable bonds is 6. The molecule has 1 atom stereocenters. The summed E-state index contributed by atoms with van der Waals surface area (Å²) in [5, 5.41) is 10.9. The molecule has 0 bridgehead atoms. The number of piperazine rings is 1. The number of ether oxygens (including phenoxy) is 2. The summed E-state index contributed by atoms with van der Waals surface area (Å²) in [5.41, 5.74) is 5.76. The van der Waals surface area contributed by atoms with Gasteiger partial charge in [-0.3, -0.25) is 4.90 Å². The lowest BCUT2D eigenvalue weighted by molar-refractivity contribution is 0.137. The maximum absolute atomic E-state index is 9.85. The third-order valence-corrected chi connectivity index (χ3v) is 7.78. The minimum absolute atomic E-state index is 0.0863. The molecule has 0 spiro atoms. The molecule has 1 saturated heterocycles. The van der Waals surface area contributed by atoms with Crippen molar-refractivity contribution >= 4 is 16.7 Å². The van der Waals surface area contributed by atoms with Crippen molar-refractivity contribution in [3.8, 4) is 28.5 Å². The Morgan fingerprint density at radius 1 is 1.03 bits per heavy atom. The molecule has 4 aromatic rings. The van der Waals surface area contributed by atoms with Crippen LogP contribution in [-0.4, -0.2) is 65.5 Å². The van der Waals surface area contributed by atoms with Crippen molar-refractivity contribution in [2.75, 3.05) is 44.7 Å². The first-order chi connectivity index (χ1) is 18.0. The van der Waals surface area contributed by atoms with Crippen LogP contribution in [0.3, 0.4) is 0 Å². The lowest BCUT2D eigenvalue weighted by Crippen LogP contribution is -2.47. The number of pyridine rings is 1. The highest BCUT2D eigenvalue weighted by Gasteiger charge is 2.29. The fourth-order valence-electron chi connectivity index (χ4n) is 5.85. The molecule has 7 nitrogen and oxygen atoms in total. The second-order valence-corrected chi connectivity index (χ2v) is 10.2. The van der Waals surface area contributed by atoms with Crippen molar-refractivity contribution in [1.29, 1.82) is 0 Å². The molecule has 0 aliphatic carbocycles. The molecule has 4 heterocycles. The number of aromatic nitrogens is 2. The van der Waals surface area contributed by atoms with E-state index in [1.165, 1.54) is 11.1 Å². The molecule has 2 aliphatic rings. The Labute approximate surface area is 217 Å². The normalized spacial score (nSPS) is 17.7. The zero-order valence-corrected chi connectivity index (χ0v) is 21.8. The lowest BCUT2D eigenvalue weighted by Gasteiger charge is -2.36. The van der Waals surface area contributed by atoms with Crippen LogP contribution in [0, 0.1) is 13.8 Å². The first-order valence-electron chi connectivity index (χ1n) is 13.1. The number of hydrogen-bond acceptors (Lipinski definition) is 6. The van der Waals surface area contributed by atoms with Gasteiger partial charge in [-0.25, -0.2) is 4.98 Å². The Hall–Kier alpha value is -3.71. The minimum atomic E-state index is 0.0863. The number of anilines is 1. The van der Waals surface area contributed by atoms with E-state index in [0.717, 1.165) is 85.2 Å². The van der Waals surface area contributed by atoms with Crippen LogP contribution in [0.5, 0.6) is 17.2 Å². The molecule has 2 aromatic heterocycles. The van der Waals surface area contributed by atoms with Crippen LogP contribution in [0.25, 0.3) is 22.2 Å². The monoisotopic (exact) mass is 498 g/mol. The smallest absolute Gasteiger partial charge is 0.144 e. The van der Waals surface area contributed by atoms with Crippen LogP contribution in [-0.2, 0) is 6.54 Å². The predicted octanol–water partition coefficient (Wildman–Crippen LogP) is 5.01. The number of aromatic hydroxyl groups is 1. The fraction of sp³-hybridized carbons (Fsp3) is 0.367. The van der Waals surface area contributed by atoms with Gasteiger partial charge in [-0.05, 0) is 85.5 Å². The van der Waals surface area contributed by atoms with Crippen LogP contribution in [0.4, 0.5) is 5.82 Å². The highest BCUT2D eigenvalue weighted by atomic mass is 16.5. The van der Waals surface area contributed by atoms with Crippen LogP contribution >= 0.6 is 0 Å². The van der Waals surface area contributed by atoms with Gasteiger partial charge in [0.2, 0.25) is 0 Å². The Morgan fingerprint density at radius 2 is 1.81 bits per heavy atom. The zero-order chi connectivity index (χ0) is 25.5. The molecule has 1 unspecified atom stereocenters. The number of benzene rings is 2. The van der Waals surface area contributed by atoms with Crippen molar-refractivity contribution < 1.29 is 14.6 Å². The van der Waals surface area contributed by atoms with Gasteiger partial charge in [0.25, 0.3) is 0 Å². The van der Waals surface area contributed by atoms with E-state index in [9.17, 15) is 5.11 Å². The molecule has 2 aliphatic heterocycles. The maximum atomic E-state index is 9.85. The average Bonchev–Trinajstić information content (AvgIpc) is 3.21. The van der Waals surface area contributed by atoms with Crippen molar-refractivity contribution in [1.82, 2.24) is 14.5 Å². The van der Waals surface area contributed by atoms with Crippen LogP contribution in [0.15, 0.2) is 54.7 Å². The number of phenols is 1. The number of methoxy groups -OCH3 is 1. The quantitative estimate of drug-likeness (QED) is 0.403. The molecule has 6 rings (SSSR count). The molecule has 2 aromatic carbocycles. The first-order valence-corrected chi connectivity index (χ1v) is 13.1. The van der Waals surface area contributed by atoms with Gasteiger partial charge in [0.15, 0.2) is 0 Å². The van der Waals surface area contributed by atoms with E-state index in [-0.39, 0.29) is 11.9 Å². The van der Waals surface area contributed by atoms with Gasteiger partial charge < -0.3 is 24.0 Å². The molecule has 37 heavy (non-hydrogen) atoms. The van der Waals surface area contributed by atoms with Gasteiger partial charge in [0, 0.05) is 44.3 Å². The molecule has 1 fully saturated rings. The summed E-state index contributed by atoms with van der Waals surface area (Å²) in [7, 11) is 1.72. The topological polar surface area (TPSA) is 63.0 Å². The average molecular weight is 499 g/mol. The fourth-order valence-corrected chi connectivity index (χ4v) is 5.85.